The fourth-order valence-electron chi connectivity index (χ4n) is 3.20. The third-order valence-corrected chi connectivity index (χ3v) is 4.47. The number of hydrogen-bond acceptors (Lipinski definition) is 3. The molecular formula is C16H22ClN3O. The van der Waals surface area contributed by atoms with Gasteiger partial charge in [0.05, 0.1) is 11.5 Å². The lowest BCUT2D eigenvalue weighted by molar-refractivity contribution is 0.0835. The van der Waals surface area contributed by atoms with Gasteiger partial charge in [-0.15, -0.1) is 11.6 Å². The van der Waals surface area contributed by atoms with E-state index in [1.165, 1.54) is 0 Å². The first-order chi connectivity index (χ1) is 10.1. The molecule has 0 bridgehead atoms. The van der Waals surface area contributed by atoms with Gasteiger partial charge in [-0.05, 0) is 38.3 Å². The number of ether oxygens (including phenoxy) is 1. The molecule has 0 N–H and O–H groups in total. The van der Waals surface area contributed by atoms with Crippen LogP contribution in [0.15, 0.2) is 12.3 Å². The van der Waals surface area contributed by atoms with E-state index in [-0.39, 0.29) is 5.38 Å². The molecular weight excluding hydrogens is 286 g/mol. The molecule has 114 valence electrons. The zero-order valence-electron chi connectivity index (χ0n) is 12.8. The van der Waals surface area contributed by atoms with E-state index >= 15 is 0 Å². The average Bonchev–Trinajstić information content (AvgIpc) is 3.03. The Balaban J connectivity index is 2.01. The Morgan fingerprint density at radius 1 is 1.52 bits per heavy atom. The minimum atomic E-state index is -0.123. The fraction of sp³-hybridized carbons (Fsp3) is 0.625. The molecule has 1 fully saturated rings. The van der Waals surface area contributed by atoms with Crippen LogP contribution < -0.4 is 0 Å². The Kier molecular flexibility index (Phi) is 4.18. The topological polar surface area (TPSA) is 39.9 Å². The van der Waals surface area contributed by atoms with Gasteiger partial charge in [-0.1, -0.05) is 6.92 Å². The van der Waals surface area contributed by atoms with Crippen LogP contribution in [0.1, 0.15) is 43.5 Å². The van der Waals surface area contributed by atoms with Crippen molar-refractivity contribution in [3.8, 4) is 0 Å². The summed E-state index contributed by atoms with van der Waals surface area (Å²) in [6.45, 7) is 7.93. The smallest absolute Gasteiger partial charge is 0.160 e. The van der Waals surface area contributed by atoms with Crippen LogP contribution in [-0.2, 0) is 11.3 Å². The van der Waals surface area contributed by atoms with Crippen molar-refractivity contribution < 1.29 is 4.74 Å². The number of hydrogen-bond donors (Lipinski definition) is 0. The van der Waals surface area contributed by atoms with E-state index in [1.807, 2.05) is 20.0 Å². The molecule has 0 radical (unpaired) electrons. The number of imidazole rings is 1. The first kappa shape index (κ1) is 14.8. The number of nitrogens with zero attached hydrogens (tertiary/aromatic N) is 3. The molecule has 1 aliphatic heterocycles. The Hall–Kier alpha value is -1.13. The summed E-state index contributed by atoms with van der Waals surface area (Å²) >= 11 is 6.33. The predicted octanol–water partition coefficient (Wildman–Crippen LogP) is 3.85. The maximum absolute atomic E-state index is 6.33. The van der Waals surface area contributed by atoms with Crippen molar-refractivity contribution in [1.82, 2.24) is 14.5 Å². The number of alkyl halides is 1. The summed E-state index contributed by atoms with van der Waals surface area (Å²) in [6, 6.07) is 2.07. The molecule has 0 amide bonds. The van der Waals surface area contributed by atoms with Crippen LogP contribution in [-0.4, -0.2) is 27.2 Å². The maximum atomic E-state index is 6.33. The molecule has 3 atom stereocenters. The summed E-state index contributed by atoms with van der Waals surface area (Å²) in [4.78, 5) is 9.27. The van der Waals surface area contributed by atoms with E-state index in [2.05, 4.69) is 22.5 Å². The van der Waals surface area contributed by atoms with Crippen LogP contribution in [0.25, 0.3) is 11.2 Å². The SMILES string of the molecule is CCC1OCCC1Cn1c(C(C)Cl)nc2cc(C)cnc21. The van der Waals surface area contributed by atoms with Crippen molar-refractivity contribution >= 4 is 22.8 Å². The second-order valence-corrected chi connectivity index (χ2v) is 6.57. The van der Waals surface area contributed by atoms with E-state index in [0.29, 0.717) is 12.0 Å². The number of fused-ring (bicyclic) bond motifs is 1. The standard InChI is InChI=1S/C16H22ClN3O/c1-4-14-12(5-6-21-14)9-20-15(11(3)17)19-13-7-10(2)8-18-16(13)20/h7-8,11-12,14H,4-6,9H2,1-3H3. The highest BCUT2D eigenvalue weighted by Gasteiger charge is 2.29. The van der Waals surface area contributed by atoms with Gasteiger partial charge in [-0.2, -0.15) is 0 Å². The van der Waals surface area contributed by atoms with Crippen LogP contribution >= 0.6 is 11.6 Å². The Bertz CT molecular complexity index is 638. The van der Waals surface area contributed by atoms with Gasteiger partial charge in [0, 0.05) is 25.3 Å². The lowest BCUT2D eigenvalue weighted by atomic mass is 9.99. The number of aryl methyl sites for hydroxylation is 1. The zero-order valence-corrected chi connectivity index (χ0v) is 13.6. The molecule has 2 aromatic rings. The lowest BCUT2D eigenvalue weighted by Gasteiger charge is -2.19. The minimum absolute atomic E-state index is 0.123. The van der Waals surface area contributed by atoms with Crippen LogP contribution in [0.2, 0.25) is 0 Å². The Morgan fingerprint density at radius 3 is 3.05 bits per heavy atom. The number of halogens is 1. The van der Waals surface area contributed by atoms with E-state index in [0.717, 1.165) is 48.5 Å². The molecule has 0 aliphatic carbocycles. The molecule has 3 rings (SSSR count). The summed E-state index contributed by atoms with van der Waals surface area (Å²) in [5, 5.41) is -0.123. The second kappa shape index (κ2) is 5.93. The largest absolute Gasteiger partial charge is 0.378 e. The highest BCUT2D eigenvalue weighted by atomic mass is 35.5. The highest BCUT2D eigenvalue weighted by Crippen LogP contribution is 2.30. The van der Waals surface area contributed by atoms with Gasteiger partial charge >= 0.3 is 0 Å². The minimum Gasteiger partial charge on any atom is -0.378 e. The lowest BCUT2D eigenvalue weighted by Crippen LogP contribution is -2.21. The van der Waals surface area contributed by atoms with Gasteiger partial charge < -0.3 is 9.30 Å². The molecule has 2 aromatic heterocycles. The summed E-state index contributed by atoms with van der Waals surface area (Å²) in [7, 11) is 0. The number of rotatable bonds is 4. The van der Waals surface area contributed by atoms with E-state index in [4.69, 9.17) is 21.3 Å². The van der Waals surface area contributed by atoms with Crippen molar-refractivity contribution in [1.29, 1.82) is 0 Å². The Labute approximate surface area is 130 Å². The monoisotopic (exact) mass is 307 g/mol. The third kappa shape index (κ3) is 2.79. The van der Waals surface area contributed by atoms with Gasteiger partial charge in [0.2, 0.25) is 0 Å². The Morgan fingerprint density at radius 2 is 2.33 bits per heavy atom. The van der Waals surface area contributed by atoms with Crippen LogP contribution in [0.5, 0.6) is 0 Å². The summed E-state index contributed by atoms with van der Waals surface area (Å²) < 4.78 is 8.00. The molecule has 1 aliphatic rings. The molecule has 4 nitrogen and oxygen atoms in total. The normalized spacial score (nSPS) is 23.8. The molecule has 0 saturated carbocycles. The summed E-state index contributed by atoms with van der Waals surface area (Å²) in [5.41, 5.74) is 2.99. The molecule has 0 aromatic carbocycles. The molecule has 3 heterocycles. The maximum Gasteiger partial charge on any atom is 0.160 e. The molecule has 0 spiro atoms. The van der Waals surface area contributed by atoms with Crippen LogP contribution in [0.4, 0.5) is 0 Å². The van der Waals surface area contributed by atoms with Crippen molar-refractivity contribution in [2.75, 3.05) is 6.61 Å². The van der Waals surface area contributed by atoms with E-state index in [9.17, 15) is 0 Å². The third-order valence-electron chi connectivity index (χ3n) is 4.27. The van der Waals surface area contributed by atoms with Gasteiger partial charge in [0.25, 0.3) is 0 Å². The summed E-state index contributed by atoms with van der Waals surface area (Å²) in [5.74, 6) is 1.43. The number of aromatic nitrogens is 3. The van der Waals surface area contributed by atoms with Crippen LogP contribution in [0.3, 0.4) is 0 Å². The number of pyridine rings is 1. The highest BCUT2D eigenvalue weighted by molar-refractivity contribution is 6.20. The molecule has 5 heteroatoms. The second-order valence-electron chi connectivity index (χ2n) is 5.92. The van der Waals surface area contributed by atoms with Gasteiger partial charge in [-0.25, -0.2) is 9.97 Å². The predicted molar refractivity (Wildman–Crippen MR) is 84.7 cm³/mol. The van der Waals surface area contributed by atoms with Gasteiger partial charge in [-0.3, -0.25) is 0 Å². The molecule has 21 heavy (non-hydrogen) atoms. The summed E-state index contributed by atoms with van der Waals surface area (Å²) in [6.07, 6.45) is 4.38. The van der Waals surface area contributed by atoms with Crippen molar-refractivity contribution in [2.45, 2.75) is 51.6 Å². The van der Waals surface area contributed by atoms with Crippen molar-refractivity contribution in [3.63, 3.8) is 0 Å². The first-order valence-electron chi connectivity index (χ1n) is 7.68. The van der Waals surface area contributed by atoms with Crippen LogP contribution in [0, 0.1) is 12.8 Å². The van der Waals surface area contributed by atoms with E-state index < -0.39 is 0 Å². The first-order valence-corrected chi connectivity index (χ1v) is 8.12. The zero-order chi connectivity index (χ0) is 15.0. The molecule has 3 unspecified atom stereocenters. The van der Waals surface area contributed by atoms with E-state index in [1.54, 1.807) is 0 Å². The molecule has 1 saturated heterocycles. The average molecular weight is 308 g/mol. The fourth-order valence-corrected chi connectivity index (χ4v) is 3.37. The van der Waals surface area contributed by atoms with Gasteiger partial charge in [0.1, 0.15) is 11.3 Å². The van der Waals surface area contributed by atoms with Crippen molar-refractivity contribution in [3.05, 3.63) is 23.7 Å². The van der Waals surface area contributed by atoms with Gasteiger partial charge in [0.15, 0.2) is 5.65 Å². The quantitative estimate of drug-likeness (QED) is 0.805. The van der Waals surface area contributed by atoms with Crippen molar-refractivity contribution in [2.24, 2.45) is 5.92 Å².